The third-order valence-corrected chi connectivity index (χ3v) is 5.09. The Morgan fingerprint density at radius 1 is 1.40 bits per heavy atom. The molecule has 1 aliphatic heterocycles. The van der Waals surface area contributed by atoms with Crippen LogP contribution in [0.4, 0.5) is 0 Å². The summed E-state index contributed by atoms with van der Waals surface area (Å²) in [6.07, 6.45) is 3.32. The molecule has 3 heterocycles. The summed E-state index contributed by atoms with van der Waals surface area (Å²) in [4.78, 5) is 36.4. The van der Waals surface area contributed by atoms with Crippen molar-refractivity contribution in [1.29, 1.82) is 0 Å². The van der Waals surface area contributed by atoms with Crippen LogP contribution in [0.25, 0.3) is 0 Å². The van der Waals surface area contributed by atoms with E-state index in [0.29, 0.717) is 18.8 Å². The average Bonchev–Trinajstić information content (AvgIpc) is 3.21. The summed E-state index contributed by atoms with van der Waals surface area (Å²) in [5.74, 6) is -1.99. The fourth-order valence-corrected chi connectivity index (χ4v) is 3.95. The molecule has 1 saturated heterocycles. The van der Waals surface area contributed by atoms with Crippen molar-refractivity contribution in [3.8, 4) is 0 Å². The highest BCUT2D eigenvalue weighted by molar-refractivity contribution is 7.09. The van der Waals surface area contributed by atoms with Gasteiger partial charge in [0.15, 0.2) is 0 Å². The maximum absolute atomic E-state index is 12.7. The third-order valence-electron chi connectivity index (χ3n) is 4.26. The van der Waals surface area contributed by atoms with E-state index in [4.69, 9.17) is 0 Å². The van der Waals surface area contributed by atoms with Crippen LogP contribution in [0.5, 0.6) is 0 Å². The lowest BCUT2D eigenvalue weighted by molar-refractivity contribution is -0.141. The molecule has 1 amide bonds. The third kappa shape index (κ3) is 3.85. The molecule has 8 heteroatoms. The van der Waals surface area contributed by atoms with Gasteiger partial charge in [-0.25, -0.2) is 4.98 Å². The number of thiazole rings is 1. The van der Waals surface area contributed by atoms with Crippen LogP contribution in [0, 0.1) is 5.92 Å². The number of nitrogens with zero attached hydrogens (tertiary/aromatic N) is 4. The van der Waals surface area contributed by atoms with Crippen molar-refractivity contribution in [2.45, 2.75) is 12.5 Å². The van der Waals surface area contributed by atoms with Crippen molar-refractivity contribution in [1.82, 2.24) is 19.8 Å². The number of pyridine rings is 1. The number of aromatic nitrogens is 2. The summed E-state index contributed by atoms with van der Waals surface area (Å²) in [5.41, 5.74) is 1.23. The van der Waals surface area contributed by atoms with Crippen LogP contribution in [0.3, 0.4) is 0 Å². The van der Waals surface area contributed by atoms with Gasteiger partial charge in [0, 0.05) is 43.3 Å². The van der Waals surface area contributed by atoms with Gasteiger partial charge in [0.25, 0.3) is 5.91 Å². The van der Waals surface area contributed by atoms with Crippen LogP contribution in [0.2, 0.25) is 0 Å². The maximum Gasteiger partial charge on any atom is 0.308 e. The highest BCUT2D eigenvalue weighted by atomic mass is 32.1. The largest absolute Gasteiger partial charge is 0.481 e. The van der Waals surface area contributed by atoms with Crippen LogP contribution < -0.4 is 0 Å². The minimum absolute atomic E-state index is 0.189. The van der Waals surface area contributed by atoms with E-state index in [2.05, 4.69) is 9.97 Å². The second kappa shape index (κ2) is 7.28. The monoisotopic (exact) mass is 360 g/mol. The Hall–Kier alpha value is -2.32. The zero-order valence-electron chi connectivity index (χ0n) is 14.1. The second-order valence-electron chi connectivity index (χ2n) is 6.41. The minimum atomic E-state index is -0.893. The molecule has 1 N–H and O–H groups in total. The van der Waals surface area contributed by atoms with E-state index < -0.39 is 11.9 Å². The first kappa shape index (κ1) is 17.5. The molecular weight excluding hydrogens is 340 g/mol. The summed E-state index contributed by atoms with van der Waals surface area (Å²) in [7, 11) is 3.89. The van der Waals surface area contributed by atoms with Crippen molar-refractivity contribution in [3.05, 3.63) is 46.2 Å². The molecule has 0 bridgehead atoms. The lowest BCUT2D eigenvalue weighted by Crippen LogP contribution is -2.30. The topological polar surface area (TPSA) is 86.6 Å². The molecule has 1 aliphatic rings. The normalized spacial score (nSPS) is 20.2. The van der Waals surface area contributed by atoms with Gasteiger partial charge >= 0.3 is 5.97 Å². The molecule has 2 aromatic rings. The molecule has 0 unspecified atom stereocenters. The maximum atomic E-state index is 12.7. The summed E-state index contributed by atoms with van der Waals surface area (Å²) in [5, 5.41) is 12.2. The van der Waals surface area contributed by atoms with Gasteiger partial charge in [-0.2, -0.15) is 0 Å². The van der Waals surface area contributed by atoms with Gasteiger partial charge in [-0.1, -0.05) is 6.07 Å². The van der Waals surface area contributed by atoms with Gasteiger partial charge < -0.3 is 14.9 Å². The van der Waals surface area contributed by atoms with E-state index in [-0.39, 0.29) is 18.4 Å². The van der Waals surface area contributed by atoms with E-state index in [0.717, 1.165) is 10.6 Å². The summed E-state index contributed by atoms with van der Waals surface area (Å²) >= 11 is 1.44. The van der Waals surface area contributed by atoms with Crippen LogP contribution >= 0.6 is 11.3 Å². The lowest BCUT2D eigenvalue weighted by Gasteiger charge is -2.15. The molecule has 2 aromatic heterocycles. The quantitative estimate of drug-likeness (QED) is 0.870. The molecule has 0 aliphatic carbocycles. The summed E-state index contributed by atoms with van der Waals surface area (Å²) in [6.45, 7) is 1.23. The highest BCUT2D eigenvalue weighted by Gasteiger charge is 2.41. The standard InChI is InChI=1S/C17H20N4O3S/c1-20(2)9-15-19-14(10-25-15)16(22)21-7-12(13(8-21)17(23)24)11-4-3-5-18-6-11/h3-6,10,12-13H,7-9H2,1-2H3,(H,23,24)/t12-,13+/m0/s1. The second-order valence-corrected chi connectivity index (χ2v) is 7.35. The first-order chi connectivity index (χ1) is 12.0. The molecule has 132 valence electrons. The Morgan fingerprint density at radius 2 is 2.20 bits per heavy atom. The Morgan fingerprint density at radius 3 is 2.84 bits per heavy atom. The molecule has 2 atom stereocenters. The smallest absolute Gasteiger partial charge is 0.308 e. The Kier molecular flexibility index (Phi) is 5.10. The first-order valence-corrected chi connectivity index (χ1v) is 8.85. The molecule has 0 aromatic carbocycles. The molecular formula is C17H20N4O3S. The van der Waals surface area contributed by atoms with E-state index in [1.165, 1.54) is 11.3 Å². The van der Waals surface area contributed by atoms with Crippen LogP contribution in [-0.4, -0.2) is 63.9 Å². The molecule has 25 heavy (non-hydrogen) atoms. The number of carbonyl (C=O) groups excluding carboxylic acids is 1. The van der Waals surface area contributed by atoms with Gasteiger partial charge in [0.05, 0.1) is 5.92 Å². The number of hydrogen-bond donors (Lipinski definition) is 1. The molecule has 0 radical (unpaired) electrons. The van der Waals surface area contributed by atoms with Crippen LogP contribution in [0.1, 0.15) is 27.0 Å². The fraction of sp³-hybridized carbons (Fsp3) is 0.412. The SMILES string of the molecule is CN(C)Cc1nc(C(=O)N2C[C@@H](C(=O)O)[C@H](c3cccnc3)C2)cs1. The molecule has 0 spiro atoms. The highest BCUT2D eigenvalue weighted by Crippen LogP contribution is 2.33. The summed E-state index contributed by atoms with van der Waals surface area (Å²) in [6, 6.07) is 3.65. The van der Waals surface area contributed by atoms with Crippen molar-refractivity contribution in [2.75, 3.05) is 27.2 Å². The predicted octanol–water partition coefficient (Wildman–Crippen LogP) is 1.54. The van der Waals surface area contributed by atoms with E-state index >= 15 is 0 Å². The fourth-order valence-electron chi connectivity index (χ4n) is 3.07. The number of hydrogen-bond acceptors (Lipinski definition) is 6. The van der Waals surface area contributed by atoms with Gasteiger partial charge in [-0.3, -0.25) is 14.6 Å². The molecule has 7 nitrogen and oxygen atoms in total. The van der Waals surface area contributed by atoms with Gasteiger partial charge in [-0.05, 0) is 25.7 Å². The molecule has 1 fully saturated rings. The number of aliphatic carboxylic acids is 1. The van der Waals surface area contributed by atoms with Crippen LogP contribution in [-0.2, 0) is 11.3 Å². The zero-order chi connectivity index (χ0) is 18.0. The molecule has 0 saturated carbocycles. The number of carbonyl (C=O) groups is 2. The minimum Gasteiger partial charge on any atom is -0.481 e. The van der Waals surface area contributed by atoms with Gasteiger partial charge in [0.2, 0.25) is 0 Å². The average molecular weight is 360 g/mol. The lowest BCUT2D eigenvalue weighted by atomic mass is 9.90. The van der Waals surface area contributed by atoms with E-state index in [1.807, 2.05) is 25.1 Å². The Balaban J connectivity index is 1.78. The number of rotatable bonds is 5. The van der Waals surface area contributed by atoms with Crippen molar-refractivity contribution in [3.63, 3.8) is 0 Å². The van der Waals surface area contributed by atoms with Crippen LogP contribution in [0.15, 0.2) is 29.9 Å². The first-order valence-electron chi connectivity index (χ1n) is 7.97. The molecule has 3 rings (SSSR count). The van der Waals surface area contributed by atoms with Gasteiger partial charge in [-0.15, -0.1) is 11.3 Å². The predicted molar refractivity (Wildman–Crippen MR) is 93.5 cm³/mol. The number of carboxylic acid groups (broad SMARTS) is 1. The van der Waals surface area contributed by atoms with E-state index in [9.17, 15) is 14.7 Å². The van der Waals surface area contributed by atoms with Crippen molar-refractivity contribution >= 4 is 23.2 Å². The number of carboxylic acids is 1. The Bertz CT molecular complexity index is 762. The summed E-state index contributed by atoms with van der Waals surface area (Å²) < 4.78 is 0. The Labute approximate surface area is 149 Å². The zero-order valence-corrected chi connectivity index (χ0v) is 14.9. The van der Waals surface area contributed by atoms with Gasteiger partial charge in [0.1, 0.15) is 10.7 Å². The number of likely N-dealkylation sites (tertiary alicyclic amines) is 1. The van der Waals surface area contributed by atoms with Crippen molar-refractivity contribution in [2.24, 2.45) is 5.92 Å². The van der Waals surface area contributed by atoms with E-state index in [1.54, 1.807) is 28.7 Å². The van der Waals surface area contributed by atoms with Crippen molar-refractivity contribution < 1.29 is 14.7 Å². The number of amides is 1.